The number of hydrogen-bond acceptors (Lipinski definition) is 2. The van der Waals surface area contributed by atoms with E-state index in [0.29, 0.717) is 10.0 Å². The zero-order chi connectivity index (χ0) is 13.8. The second kappa shape index (κ2) is 6.42. The van der Waals surface area contributed by atoms with Crippen LogP contribution >= 0.6 is 23.2 Å². The van der Waals surface area contributed by atoms with E-state index in [1.165, 1.54) is 0 Å². The molecule has 19 heavy (non-hydrogen) atoms. The number of hydrogen-bond donors (Lipinski definition) is 1. The van der Waals surface area contributed by atoms with Gasteiger partial charge in [0.15, 0.2) is 0 Å². The number of nitrogens with zero attached hydrogens (tertiary/aromatic N) is 2. The third-order valence-corrected chi connectivity index (χ3v) is 3.84. The summed E-state index contributed by atoms with van der Waals surface area (Å²) in [7, 11) is 0. The molecule has 0 aliphatic carbocycles. The van der Waals surface area contributed by atoms with Crippen LogP contribution in [0.15, 0.2) is 30.6 Å². The number of aromatic nitrogens is 2. The molecule has 0 fully saturated rings. The summed E-state index contributed by atoms with van der Waals surface area (Å²) in [6.45, 7) is 5.81. The molecule has 0 amide bonds. The summed E-state index contributed by atoms with van der Waals surface area (Å²) in [6, 6.07) is 5.71. The van der Waals surface area contributed by atoms with Gasteiger partial charge in [-0.15, -0.1) is 0 Å². The molecule has 3 nitrogen and oxygen atoms in total. The zero-order valence-corrected chi connectivity index (χ0v) is 12.5. The van der Waals surface area contributed by atoms with Gasteiger partial charge in [0.25, 0.3) is 0 Å². The van der Waals surface area contributed by atoms with Crippen LogP contribution in [0.1, 0.15) is 31.0 Å². The Morgan fingerprint density at radius 3 is 2.74 bits per heavy atom. The highest BCUT2D eigenvalue weighted by atomic mass is 35.5. The zero-order valence-electron chi connectivity index (χ0n) is 11.0. The van der Waals surface area contributed by atoms with E-state index in [2.05, 4.69) is 24.3 Å². The highest BCUT2D eigenvalue weighted by Crippen LogP contribution is 2.32. The fourth-order valence-corrected chi connectivity index (χ4v) is 2.47. The molecule has 5 heteroatoms. The quantitative estimate of drug-likeness (QED) is 0.907. The van der Waals surface area contributed by atoms with E-state index in [1.807, 2.05) is 29.2 Å². The van der Waals surface area contributed by atoms with E-state index in [1.54, 1.807) is 6.07 Å². The number of aryl methyl sites for hydroxylation is 1. The average Bonchev–Trinajstić information content (AvgIpc) is 2.88. The standard InChI is InChI=1S/C14H17Cl2N3/c1-3-17-14(10-8-18-19(4-2)9-10)11-6-5-7-12(15)13(11)16/h5-9,14,17H,3-4H2,1-2H3. The Balaban J connectivity index is 2.42. The van der Waals surface area contributed by atoms with E-state index in [4.69, 9.17) is 23.2 Å². The molecule has 2 aromatic rings. The minimum Gasteiger partial charge on any atom is -0.306 e. The fraction of sp³-hybridized carbons (Fsp3) is 0.357. The van der Waals surface area contributed by atoms with Crippen molar-refractivity contribution in [3.63, 3.8) is 0 Å². The van der Waals surface area contributed by atoms with Gasteiger partial charge in [0, 0.05) is 18.3 Å². The van der Waals surface area contributed by atoms with Gasteiger partial charge in [-0.3, -0.25) is 4.68 Å². The van der Waals surface area contributed by atoms with E-state index in [0.717, 1.165) is 24.2 Å². The van der Waals surface area contributed by atoms with Gasteiger partial charge in [0.1, 0.15) is 0 Å². The fourth-order valence-electron chi connectivity index (χ4n) is 2.06. The molecule has 1 unspecified atom stereocenters. The Morgan fingerprint density at radius 1 is 1.32 bits per heavy atom. The molecule has 2 rings (SSSR count). The maximum absolute atomic E-state index is 6.32. The van der Waals surface area contributed by atoms with E-state index in [9.17, 15) is 0 Å². The summed E-state index contributed by atoms with van der Waals surface area (Å²) in [5.74, 6) is 0. The number of nitrogens with one attached hydrogen (secondary N) is 1. The molecular weight excluding hydrogens is 281 g/mol. The van der Waals surface area contributed by atoms with Gasteiger partial charge < -0.3 is 5.32 Å². The molecule has 0 aliphatic rings. The summed E-state index contributed by atoms with van der Waals surface area (Å²) < 4.78 is 1.90. The maximum atomic E-state index is 6.32. The molecule has 0 aliphatic heterocycles. The summed E-state index contributed by atoms with van der Waals surface area (Å²) in [4.78, 5) is 0. The highest BCUT2D eigenvalue weighted by Gasteiger charge is 2.18. The van der Waals surface area contributed by atoms with Gasteiger partial charge in [-0.05, 0) is 25.1 Å². The summed E-state index contributed by atoms with van der Waals surface area (Å²) >= 11 is 12.4. The van der Waals surface area contributed by atoms with Crippen LogP contribution in [0.5, 0.6) is 0 Å². The third-order valence-electron chi connectivity index (χ3n) is 3.01. The van der Waals surface area contributed by atoms with Crippen molar-refractivity contribution in [1.82, 2.24) is 15.1 Å². The van der Waals surface area contributed by atoms with Gasteiger partial charge in [-0.25, -0.2) is 0 Å². The van der Waals surface area contributed by atoms with Gasteiger partial charge in [-0.1, -0.05) is 42.3 Å². The number of rotatable bonds is 5. The third kappa shape index (κ3) is 3.11. The van der Waals surface area contributed by atoms with Crippen LogP contribution in [0.25, 0.3) is 0 Å². The van der Waals surface area contributed by atoms with Crippen molar-refractivity contribution in [1.29, 1.82) is 0 Å². The van der Waals surface area contributed by atoms with Gasteiger partial charge in [0.05, 0.1) is 22.3 Å². The molecular formula is C14H17Cl2N3. The molecule has 0 saturated heterocycles. The predicted octanol–water partition coefficient (Wildman–Crippen LogP) is 3.91. The lowest BCUT2D eigenvalue weighted by atomic mass is 10.0. The van der Waals surface area contributed by atoms with Crippen molar-refractivity contribution < 1.29 is 0 Å². The van der Waals surface area contributed by atoms with Crippen molar-refractivity contribution in [2.45, 2.75) is 26.4 Å². The van der Waals surface area contributed by atoms with Crippen LogP contribution in [0.4, 0.5) is 0 Å². The van der Waals surface area contributed by atoms with Gasteiger partial charge in [0.2, 0.25) is 0 Å². The van der Waals surface area contributed by atoms with Crippen LogP contribution in [0.2, 0.25) is 10.0 Å². The number of benzene rings is 1. The lowest BCUT2D eigenvalue weighted by molar-refractivity contribution is 0.625. The van der Waals surface area contributed by atoms with Crippen LogP contribution in [0.3, 0.4) is 0 Å². The Hall–Kier alpha value is -1.03. The van der Waals surface area contributed by atoms with Crippen molar-refractivity contribution in [3.05, 3.63) is 51.8 Å². The van der Waals surface area contributed by atoms with Crippen LogP contribution < -0.4 is 5.32 Å². The molecule has 1 aromatic carbocycles. The smallest absolute Gasteiger partial charge is 0.0643 e. The van der Waals surface area contributed by atoms with Crippen LogP contribution in [-0.2, 0) is 6.54 Å². The highest BCUT2D eigenvalue weighted by molar-refractivity contribution is 6.42. The van der Waals surface area contributed by atoms with E-state index >= 15 is 0 Å². The lowest BCUT2D eigenvalue weighted by Crippen LogP contribution is -2.22. The SMILES string of the molecule is CCNC(c1cnn(CC)c1)c1cccc(Cl)c1Cl. The van der Waals surface area contributed by atoms with Gasteiger partial charge >= 0.3 is 0 Å². The van der Waals surface area contributed by atoms with Crippen LogP contribution in [0, 0.1) is 0 Å². The predicted molar refractivity (Wildman–Crippen MR) is 79.9 cm³/mol. The molecule has 1 heterocycles. The topological polar surface area (TPSA) is 29.9 Å². The molecule has 0 radical (unpaired) electrons. The Bertz CT molecular complexity index is 551. The summed E-state index contributed by atoms with van der Waals surface area (Å²) in [5.41, 5.74) is 2.07. The Labute approximate surface area is 123 Å². The minimum atomic E-state index is 0.0106. The molecule has 0 saturated carbocycles. The summed E-state index contributed by atoms with van der Waals surface area (Å²) in [5, 5.41) is 8.91. The second-order valence-corrected chi connectivity index (χ2v) is 5.05. The molecule has 102 valence electrons. The number of halogens is 2. The van der Waals surface area contributed by atoms with E-state index in [-0.39, 0.29) is 6.04 Å². The molecule has 1 atom stereocenters. The van der Waals surface area contributed by atoms with Gasteiger partial charge in [-0.2, -0.15) is 5.10 Å². The minimum absolute atomic E-state index is 0.0106. The second-order valence-electron chi connectivity index (χ2n) is 4.26. The molecule has 1 aromatic heterocycles. The first-order chi connectivity index (χ1) is 9.17. The van der Waals surface area contributed by atoms with E-state index < -0.39 is 0 Å². The first kappa shape index (κ1) is 14.4. The Kier molecular flexibility index (Phi) is 4.86. The van der Waals surface area contributed by atoms with Crippen molar-refractivity contribution in [3.8, 4) is 0 Å². The monoisotopic (exact) mass is 297 g/mol. The lowest BCUT2D eigenvalue weighted by Gasteiger charge is -2.18. The summed E-state index contributed by atoms with van der Waals surface area (Å²) in [6.07, 6.45) is 3.90. The average molecular weight is 298 g/mol. The largest absolute Gasteiger partial charge is 0.306 e. The first-order valence-electron chi connectivity index (χ1n) is 6.37. The van der Waals surface area contributed by atoms with Crippen molar-refractivity contribution in [2.75, 3.05) is 6.54 Å². The normalized spacial score (nSPS) is 12.6. The van der Waals surface area contributed by atoms with Crippen molar-refractivity contribution in [2.24, 2.45) is 0 Å². The molecule has 0 bridgehead atoms. The molecule has 1 N–H and O–H groups in total. The van der Waals surface area contributed by atoms with Crippen LogP contribution in [-0.4, -0.2) is 16.3 Å². The Morgan fingerprint density at radius 2 is 2.11 bits per heavy atom. The first-order valence-corrected chi connectivity index (χ1v) is 7.12. The maximum Gasteiger partial charge on any atom is 0.0643 e. The van der Waals surface area contributed by atoms with Crippen molar-refractivity contribution >= 4 is 23.2 Å². The molecule has 0 spiro atoms.